The zero-order valence-corrected chi connectivity index (χ0v) is 12.5. The number of aliphatic hydroxyl groups is 1. The fourth-order valence-electron chi connectivity index (χ4n) is 2.26. The van der Waals surface area contributed by atoms with Crippen LogP contribution >= 0.6 is 0 Å². The highest BCUT2D eigenvalue weighted by Crippen LogP contribution is 2.22. The lowest BCUT2D eigenvalue weighted by molar-refractivity contribution is -0.117. The smallest absolute Gasteiger partial charge is 0.238 e. The summed E-state index contributed by atoms with van der Waals surface area (Å²) < 4.78 is 0. The third kappa shape index (κ3) is 4.55. The summed E-state index contributed by atoms with van der Waals surface area (Å²) in [5.41, 5.74) is 0.835. The number of carbonyl (C=O) groups is 1. The molecule has 1 unspecified atom stereocenters. The molecule has 112 valence electrons. The molecule has 0 radical (unpaired) electrons. The van der Waals surface area contributed by atoms with Gasteiger partial charge in [0.25, 0.3) is 0 Å². The van der Waals surface area contributed by atoms with E-state index in [0.29, 0.717) is 19.5 Å². The van der Waals surface area contributed by atoms with Crippen molar-refractivity contribution >= 4 is 22.4 Å². The van der Waals surface area contributed by atoms with E-state index in [4.69, 9.17) is 0 Å². The number of fused-ring (bicyclic) bond motifs is 1. The molecule has 2 aromatic carbocycles. The molecule has 2 N–H and O–H groups in total. The maximum Gasteiger partial charge on any atom is 0.238 e. The number of nitrogens with one attached hydrogen (secondary N) is 1. The topological polar surface area (TPSA) is 52.6 Å². The van der Waals surface area contributed by atoms with Crippen molar-refractivity contribution in [3.63, 3.8) is 0 Å². The Balaban J connectivity index is 1.98. The number of likely N-dealkylation sites (N-methyl/N-ethyl adjacent to an activating group) is 1. The quantitative estimate of drug-likeness (QED) is 0.858. The molecule has 2 rings (SSSR count). The van der Waals surface area contributed by atoms with E-state index in [2.05, 4.69) is 5.32 Å². The fourth-order valence-corrected chi connectivity index (χ4v) is 2.26. The van der Waals surface area contributed by atoms with Crippen molar-refractivity contribution in [2.75, 3.05) is 25.5 Å². The second-order valence-corrected chi connectivity index (χ2v) is 5.45. The summed E-state index contributed by atoms with van der Waals surface area (Å²) in [5.74, 6) is -0.0422. The zero-order chi connectivity index (χ0) is 15.2. The minimum absolute atomic E-state index is 0.0422. The van der Waals surface area contributed by atoms with Gasteiger partial charge in [-0.3, -0.25) is 9.69 Å². The van der Waals surface area contributed by atoms with Gasteiger partial charge in [0.2, 0.25) is 5.91 Å². The molecule has 1 amide bonds. The first-order chi connectivity index (χ1) is 10.1. The van der Waals surface area contributed by atoms with Gasteiger partial charge < -0.3 is 10.4 Å². The van der Waals surface area contributed by atoms with Crippen LogP contribution in [0.2, 0.25) is 0 Å². The highest BCUT2D eigenvalue weighted by molar-refractivity contribution is 6.02. The second-order valence-electron chi connectivity index (χ2n) is 5.45. The van der Waals surface area contributed by atoms with Gasteiger partial charge in [0, 0.05) is 17.6 Å². The third-order valence-electron chi connectivity index (χ3n) is 3.41. The van der Waals surface area contributed by atoms with Gasteiger partial charge in [0.05, 0.1) is 12.6 Å². The molecule has 0 saturated carbocycles. The number of aliphatic hydroxyl groups excluding tert-OH is 1. The van der Waals surface area contributed by atoms with Gasteiger partial charge in [-0.2, -0.15) is 0 Å². The van der Waals surface area contributed by atoms with E-state index in [-0.39, 0.29) is 12.0 Å². The van der Waals surface area contributed by atoms with Gasteiger partial charge in [-0.25, -0.2) is 0 Å². The number of rotatable bonds is 6. The minimum atomic E-state index is -0.339. The van der Waals surface area contributed by atoms with Crippen molar-refractivity contribution in [1.82, 2.24) is 4.90 Å². The number of anilines is 1. The molecule has 1 atom stereocenters. The lowest BCUT2D eigenvalue weighted by atomic mass is 10.1. The van der Waals surface area contributed by atoms with Crippen molar-refractivity contribution in [2.24, 2.45) is 0 Å². The molecule has 0 aliphatic rings. The van der Waals surface area contributed by atoms with Crippen LogP contribution in [0.5, 0.6) is 0 Å². The molecule has 4 heteroatoms. The SMILES string of the molecule is CC(O)CCN(C)CC(=O)Nc1cccc2ccccc12. The molecular weight excluding hydrogens is 264 g/mol. The largest absolute Gasteiger partial charge is 0.393 e. The van der Waals surface area contributed by atoms with Gasteiger partial charge in [-0.15, -0.1) is 0 Å². The summed E-state index contributed by atoms with van der Waals surface area (Å²) >= 11 is 0. The maximum absolute atomic E-state index is 12.1. The summed E-state index contributed by atoms with van der Waals surface area (Å²) in [6, 6.07) is 13.9. The summed E-state index contributed by atoms with van der Waals surface area (Å²) in [6.45, 7) is 2.76. The molecule has 2 aromatic rings. The van der Waals surface area contributed by atoms with Crippen molar-refractivity contribution in [3.8, 4) is 0 Å². The monoisotopic (exact) mass is 286 g/mol. The highest BCUT2D eigenvalue weighted by atomic mass is 16.3. The van der Waals surface area contributed by atoms with E-state index in [0.717, 1.165) is 16.5 Å². The third-order valence-corrected chi connectivity index (χ3v) is 3.41. The molecule has 0 heterocycles. The first-order valence-corrected chi connectivity index (χ1v) is 7.20. The van der Waals surface area contributed by atoms with Crippen LogP contribution in [0, 0.1) is 0 Å². The summed E-state index contributed by atoms with van der Waals surface area (Å²) in [6.07, 6.45) is 0.325. The zero-order valence-electron chi connectivity index (χ0n) is 12.5. The first-order valence-electron chi connectivity index (χ1n) is 7.20. The van der Waals surface area contributed by atoms with Crippen molar-refractivity contribution in [3.05, 3.63) is 42.5 Å². The Labute approximate surface area is 125 Å². The predicted octanol–water partition coefficient (Wildman–Crippen LogP) is 2.48. The fraction of sp³-hybridized carbons (Fsp3) is 0.353. The van der Waals surface area contributed by atoms with Gasteiger partial charge in [0.1, 0.15) is 0 Å². The Morgan fingerprint density at radius 2 is 1.95 bits per heavy atom. The standard InChI is InChI=1S/C17H22N2O2/c1-13(20)10-11-19(2)12-17(21)18-16-9-5-7-14-6-3-4-8-15(14)16/h3-9,13,20H,10-12H2,1-2H3,(H,18,21). The van der Waals surface area contributed by atoms with Crippen LogP contribution in [0.15, 0.2) is 42.5 Å². The molecule has 4 nitrogen and oxygen atoms in total. The molecule has 0 aromatic heterocycles. The predicted molar refractivity (Wildman–Crippen MR) is 86.4 cm³/mol. The molecular formula is C17H22N2O2. The van der Waals surface area contributed by atoms with Crippen molar-refractivity contribution in [2.45, 2.75) is 19.4 Å². The normalized spacial score (nSPS) is 12.6. The van der Waals surface area contributed by atoms with Crippen LogP contribution in [-0.2, 0) is 4.79 Å². The van der Waals surface area contributed by atoms with E-state index < -0.39 is 0 Å². The minimum Gasteiger partial charge on any atom is -0.393 e. The van der Waals surface area contributed by atoms with Gasteiger partial charge >= 0.3 is 0 Å². The van der Waals surface area contributed by atoms with E-state index in [9.17, 15) is 9.90 Å². The number of hydrogen-bond donors (Lipinski definition) is 2. The number of nitrogens with zero attached hydrogens (tertiary/aromatic N) is 1. The number of amides is 1. The average Bonchev–Trinajstić information content (AvgIpc) is 2.45. The van der Waals surface area contributed by atoms with Crippen molar-refractivity contribution in [1.29, 1.82) is 0 Å². The van der Waals surface area contributed by atoms with E-state index in [1.165, 1.54) is 0 Å². The lowest BCUT2D eigenvalue weighted by Gasteiger charge is -2.17. The Morgan fingerprint density at radius 3 is 2.71 bits per heavy atom. The summed E-state index contributed by atoms with van der Waals surface area (Å²) in [5, 5.41) is 14.4. The molecule has 21 heavy (non-hydrogen) atoms. The number of hydrogen-bond acceptors (Lipinski definition) is 3. The average molecular weight is 286 g/mol. The van der Waals surface area contributed by atoms with E-state index in [1.54, 1.807) is 6.92 Å². The Hall–Kier alpha value is -1.91. The maximum atomic E-state index is 12.1. The van der Waals surface area contributed by atoms with E-state index in [1.807, 2.05) is 54.4 Å². The molecule has 0 bridgehead atoms. The van der Waals surface area contributed by atoms with Crippen LogP contribution in [0.3, 0.4) is 0 Å². The number of carbonyl (C=O) groups excluding carboxylic acids is 1. The molecule has 0 spiro atoms. The Bertz CT molecular complexity index is 605. The van der Waals surface area contributed by atoms with Gasteiger partial charge in [-0.1, -0.05) is 36.4 Å². The first kappa shape index (κ1) is 15.5. The van der Waals surface area contributed by atoms with Gasteiger partial charge in [-0.05, 0) is 31.8 Å². The molecule has 0 fully saturated rings. The molecule has 0 saturated heterocycles. The van der Waals surface area contributed by atoms with E-state index >= 15 is 0 Å². The number of benzene rings is 2. The lowest BCUT2D eigenvalue weighted by Crippen LogP contribution is -2.32. The van der Waals surface area contributed by atoms with Crippen LogP contribution in [0.1, 0.15) is 13.3 Å². The van der Waals surface area contributed by atoms with Crippen LogP contribution in [0.4, 0.5) is 5.69 Å². The second kappa shape index (κ2) is 7.20. The van der Waals surface area contributed by atoms with Crippen LogP contribution in [0.25, 0.3) is 10.8 Å². The van der Waals surface area contributed by atoms with Crippen LogP contribution < -0.4 is 5.32 Å². The highest BCUT2D eigenvalue weighted by Gasteiger charge is 2.09. The molecule has 0 aliphatic carbocycles. The Kier molecular flexibility index (Phi) is 5.31. The van der Waals surface area contributed by atoms with Crippen molar-refractivity contribution < 1.29 is 9.90 Å². The van der Waals surface area contributed by atoms with Gasteiger partial charge in [0.15, 0.2) is 0 Å². The Morgan fingerprint density at radius 1 is 1.24 bits per heavy atom. The summed E-state index contributed by atoms with van der Waals surface area (Å²) in [4.78, 5) is 14.0. The summed E-state index contributed by atoms with van der Waals surface area (Å²) in [7, 11) is 1.88. The van der Waals surface area contributed by atoms with Crippen LogP contribution in [-0.4, -0.2) is 42.2 Å². The molecule has 0 aliphatic heterocycles.